The normalized spacial score (nSPS) is 16.7. The molecular weight excluding hydrogens is 480 g/mol. The molecule has 1 aromatic heterocycles. The van der Waals surface area contributed by atoms with E-state index in [0.717, 1.165) is 67.7 Å². The molecule has 38 heavy (non-hydrogen) atoms. The molecule has 0 radical (unpaired) electrons. The van der Waals surface area contributed by atoms with E-state index in [0.29, 0.717) is 5.82 Å². The van der Waals surface area contributed by atoms with E-state index >= 15 is 0 Å². The smallest absolute Gasteiger partial charge is 0.332 e. The zero-order valence-electron chi connectivity index (χ0n) is 22.0. The quantitative estimate of drug-likeness (QED) is 0.544. The minimum atomic E-state index is -0.820. The Morgan fingerprint density at radius 3 is 2.34 bits per heavy atom. The van der Waals surface area contributed by atoms with Gasteiger partial charge in [-0.25, -0.2) is 4.79 Å². The lowest BCUT2D eigenvalue weighted by molar-refractivity contribution is -0.136. The van der Waals surface area contributed by atoms with Gasteiger partial charge in [0.1, 0.15) is 5.82 Å². The summed E-state index contributed by atoms with van der Waals surface area (Å²) >= 11 is 0. The molecule has 5 rings (SSSR count). The zero-order chi connectivity index (χ0) is 26.8. The van der Waals surface area contributed by atoms with Gasteiger partial charge in [-0.15, -0.1) is 0 Å². The third-order valence-corrected chi connectivity index (χ3v) is 7.78. The second kappa shape index (κ2) is 10.8. The number of anilines is 1. The van der Waals surface area contributed by atoms with Crippen molar-refractivity contribution in [2.75, 3.05) is 37.6 Å². The first kappa shape index (κ1) is 25.7. The Hall–Kier alpha value is -3.91. The van der Waals surface area contributed by atoms with Crippen LogP contribution in [0.4, 0.5) is 5.82 Å². The van der Waals surface area contributed by atoms with E-state index in [1.165, 1.54) is 29.3 Å². The van der Waals surface area contributed by atoms with Crippen LogP contribution in [0.15, 0.2) is 64.2 Å². The Balaban J connectivity index is 1.32. The van der Waals surface area contributed by atoms with Crippen LogP contribution < -0.4 is 16.1 Å². The SMILES string of the molecule is Cn1c(N2CCN(CC/C=C3\c4ccccc4CCc4ccc(CC(=O)O)cc43)CC2)cc(=O)n(C)c1=O. The highest BCUT2D eigenvalue weighted by Gasteiger charge is 2.21. The Morgan fingerprint density at radius 1 is 0.895 bits per heavy atom. The van der Waals surface area contributed by atoms with Crippen LogP contribution in [0, 0.1) is 0 Å². The summed E-state index contributed by atoms with van der Waals surface area (Å²) in [7, 11) is 3.21. The van der Waals surface area contributed by atoms with Crippen LogP contribution in [0.5, 0.6) is 0 Å². The van der Waals surface area contributed by atoms with Crippen LogP contribution in [-0.2, 0) is 38.2 Å². The molecule has 1 N–H and O–H groups in total. The summed E-state index contributed by atoms with van der Waals surface area (Å²) in [5.41, 5.74) is 6.37. The lowest BCUT2D eigenvalue weighted by Gasteiger charge is -2.36. The summed E-state index contributed by atoms with van der Waals surface area (Å²) in [5.74, 6) is -0.150. The number of hydrogen-bond donors (Lipinski definition) is 1. The molecule has 8 heteroatoms. The number of rotatable bonds is 6. The van der Waals surface area contributed by atoms with E-state index in [1.807, 2.05) is 6.07 Å². The van der Waals surface area contributed by atoms with Crippen molar-refractivity contribution in [2.45, 2.75) is 25.7 Å². The van der Waals surface area contributed by atoms with E-state index in [1.54, 1.807) is 17.7 Å². The van der Waals surface area contributed by atoms with Crippen LogP contribution in [0.1, 0.15) is 34.2 Å². The van der Waals surface area contributed by atoms with Crippen molar-refractivity contribution in [1.29, 1.82) is 0 Å². The predicted octanol–water partition coefficient (Wildman–Crippen LogP) is 2.45. The van der Waals surface area contributed by atoms with Gasteiger partial charge in [-0.2, -0.15) is 0 Å². The van der Waals surface area contributed by atoms with Crippen LogP contribution in [0.3, 0.4) is 0 Å². The molecule has 0 saturated carbocycles. The van der Waals surface area contributed by atoms with Gasteiger partial charge >= 0.3 is 11.7 Å². The molecule has 198 valence electrons. The van der Waals surface area contributed by atoms with Gasteiger partial charge in [-0.05, 0) is 52.7 Å². The minimum absolute atomic E-state index is 0.0194. The van der Waals surface area contributed by atoms with E-state index in [4.69, 9.17) is 0 Å². The number of aromatic nitrogens is 2. The third-order valence-electron chi connectivity index (χ3n) is 7.78. The minimum Gasteiger partial charge on any atom is -0.481 e. The summed E-state index contributed by atoms with van der Waals surface area (Å²) < 4.78 is 2.67. The highest BCUT2D eigenvalue weighted by molar-refractivity contribution is 5.84. The standard InChI is InChI=1S/C30H34N4O4/c1-31-27(20-28(35)32(2)30(31)38)34-16-14-33(15-17-34)13-5-8-25-24-7-4-3-6-22(24)11-12-23-10-9-21(18-26(23)25)19-29(36)37/h3-4,6-10,18,20H,5,11-17,19H2,1-2H3,(H,36,37)/b25-8+. The maximum absolute atomic E-state index is 12.3. The molecule has 1 aliphatic carbocycles. The average molecular weight is 515 g/mol. The number of piperazine rings is 1. The summed E-state index contributed by atoms with van der Waals surface area (Å²) in [6.07, 6.45) is 5.10. The Bertz CT molecular complexity index is 1510. The third kappa shape index (κ3) is 5.22. The average Bonchev–Trinajstić information content (AvgIpc) is 3.06. The fourth-order valence-corrected chi connectivity index (χ4v) is 5.63. The molecule has 3 aromatic rings. The van der Waals surface area contributed by atoms with E-state index in [9.17, 15) is 19.5 Å². The van der Waals surface area contributed by atoms with E-state index < -0.39 is 5.97 Å². The highest BCUT2D eigenvalue weighted by atomic mass is 16.4. The van der Waals surface area contributed by atoms with Crippen LogP contribution in [0.25, 0.3) is 5.57 Å². The van der Waals surface area contributed by atoms with Gasteiger partial charge in [0.05, 0.1) is 6.42 Å². The Kier molecular flexibility index (Phi) is 7.33. The van der Waals surface area contributed by atoms with Gasteiger partial charge in [0, 0.05) is 52.9 Å². The van der Waals surface area contributed by atoms with Crippen LogP contribution in [-0.4, -0.2) is 57.8 Å². The summed E-state index contributed by atoms with van der Waals surface area (Å²) in [6.45, 7) is 4.10. The number of aryl methyl sites for hydroxylation is 2. The topological polar surface area (TPSA) is 87.8 Å². The van der Waals surface area contributed by atoms with Crippen molar-refractivity contribution in [3.63, 3.8) is 0 Å². The summed E-state index contributed by atoms with van der Waals surface area (Å²) in [5, 5.41) is 9.32. The zero-order valence-corrected chi connectivity index (χ0v) is 22.0. The monoisotopic (exact) mass is 514 g/mol. The largest absolute Gasteiger partial charge is 0.481 e. The van der Waals surface area contributed by atoms with Crippen LogP contribution >= 0.6 is 0 Å². The molecule has 0 atom stereocenters. The molecular formula is C30H34N4O4. The molecule has 2 aromatic carbocycles. The molecule has 2 aliphatic rings. The Labute approximate surface area is 222 Å². The molecule has 0 spiro atoms. The molecule has 1 aliphatic heterocycles. The van der Waals surface area contributed by atoms with E-state index in [-0.39, 0.29) is 17.7 Å². The number of carboxylic acid groups (broad SMARTS) is 1. The predicted molar refractivity (Wildman–Crippen MR) is 149 cm³/mol. The van der Waals surface area contributed by atoms with Gasteiger partial charge < -0.3 is 10.0 Å². The fraction of sp³-hybridized carbons (Fsp3) is 0.367. The van der Waals surface area contributed by atoms with Crippen molar-refractivity contribution < 1.29 is 9.90 Å². The number of nitrogens with zero attached hydrogens (tertiary/aromatic N) is 4. The molecule has 8 nitrogen and oxygen atoms in total. The van der Waals surface area contributed by atoms with Gasteiger partial charge in [-0.1, -0.05) is 48.5 Å². The molecule has 1 saturated heterocycles. The van der Waals surface area contributed by atoms with E-state index in [2.05, 4.69) is 52.3 Å². The number of fused-ring (bicyclic) bond motifs is 2. The molecule has 1 fully saturated rings. The van der Waals surface area contributed by atoms with Gasteiger partial charge in [0.2, 0.25) is 0 Å². The molecule has 0 amide bonds. The molecule has 2 heterocycles. The Morgan fingerprint density at radius 2 is 1.61 bits per heavy atom. The summed E-state index contributed by atoms with van der Waals surface area (Å²) in [6, 6.07) is 16.2. The number of aliphatic carboxylic acids is 1. The van der Waals surface area contributed by atoms with Crippen molar-refractivity contribution >= 4 is 17.4 Å². The summed E-state index contributed by atoms with van der Waals surface area (Å²) in [4.78, 5) is 40.4. The van der Waals surface area contributed by atoms with Crippen molar-refractivity contribution in [3.8, 4) is 0 Å². The first-order chi connectivity index (χ1) is 18.3. The first-order valence-electron chi connectivity index (χ1n) is 13.2. The maximum atomic E-state index is 12.3. The lowest BCUT2D eigenvalue weighted by atomic mass is 9.91. The molecule has 0 bridgehead atoms. The molecule has 0 unspecified atom stereocenters. The van der Waals surface area contributed by atoms with Gasteiger partial charge in [0.25, 0.3) is 5.56 Å². The van der Waals surface area contributed by atoms with Crippen molar-refractivity contribution in [2.24, 2.45) is 14.1 Å². The second-order valence-electron chi connectivity index (χ2n) is 10.2. The lowest BCUT2D eigenvalue weighted by Crippen LogP contribution is -2.49. The maximum Gasteiger partial charge on any atom is 0.332 e. The number of benzene rings is 2. The highest BCUT2D eigenvalue weighted by Crippen LogP contribution is 2.34. The second-order valence-corrected chi connectivity index (χ2v) is 10.2. The number of hydrogen-bond acceptors (Lipinski definition) is 5. The van der Waals surface area contributed by atoms with Gasteiger partial charge in [0.15, 0.2) is 0 Å². The number of carboxylic acids is 1. The van der Waals surface area contributed by atoms with Crippen molar-refractivity contribution in [3.05, 3.63) is 103 Å². The van der Waals surface area contributed by atoms with Crippen molar-refractivity contribution in [1.82, 2.24) is 14.0 Å². The van der Waals surface area contributed by atoms with Gasteiger partial charge in [-0.3, -0.25) is 23.6 Å². The number of carbonyl (C=O) groups is 1. The fourth-order valence-electron chi connectivity index (χ4n) is 5.63. The van der Waals surface area contributed by atoms with Crippen LogP contribution in [0.2, 0.25) is 0 Å². The first-order valence-corrected chi connectivity index (χ1v) is 13.2.